The SMILES string of the molecule is CC(C)C(NS(=O)(=O)c1c(F)cc(C#N)cc1F)C(=O)O. The van der Waals surface area contributed by atoms with Crippen molar-refractivity contribution in [3.63, 3.8) is 0 Å². The Morgan fingerprint density at radius 3 is 2.14 bits per heavy atom. The second kappa shape index (κ2) is 6.15. The van der Waals surface area contributed by atoms with Crippen molar-refractivity contribution in [1.82, 2.24) is 4.72 Å². The number of halogens is 2. The van der Waals surface area contributed by atoms with E-state index in [1.165, 1.54) is 19.9 Å². The molecule has 6 nitrogen and oxygen atoms in total. The fourth-order valence-electron chi connectivity index (χ4n) is 1.58. The Morgan fingerprint density at radius 2 is 1.81 bits per heavy atom. The van der Waals surface area contributed by atoms with Gasteiger partial charge in [-0.3, -0.25) is 4.79 Å². The average Bonchev–Trinajstić information content (AvgIpc) is 2.33. The smallest absolute Gasteiger partial charge is 0.322 e. The normalized spacial score (nSPS) is 13.0. The number of carboxylic acids is 1. The molecule has 0 spiro atoms. The largest absolute Gasteiger partial charge is 0.480 e. The van der Waals surface area contributed by atoms with Crippen LogP contribution in [0.4, 0.5) is 8.78 Å². The summed E-state index contributed by atoms with van der Waals surface area (Å²) in [7, 11) is -4.73. The number of hydrogen-bond acceptors (Lipinski definition) is 4. The van der Waals surface area contributed by atoms with Crippen LogP contribution in [-0.2, 0) is 14.8 Å². The molecule has 0 aromatic heterocycles. The highest BCUT2D eigenvalue weighted by Crippen LogP contribution is 2.21. The summed E-state index contributed by atoms with van der Waals surface area (Å²) in [4.78, 5) is 9.65. The summed E-state index contributed by atoms with van der Waals surface area (Å²) in [5.41, 5.74) is -0.386. The van der Waals surface area contributed by atoms with Crippen LogP contribution in [0.25, 0.3) is 0 Å². The predicted octanol–water partition coefficient (Wildman–Crippen LogP) is 1.22. The van der Waals surface area contributed by atoms with Crippen molar-refractivity contribution < 1.29 is 27.1 Å². The van der Waals surface area contributed by atoms with Gasteiger partial charge >= 0.3 is 5.97 Å². The predicted molar refractivity (Wildman–Crippen MR) is 67.7 cm³/mol. The van der Waals surface area contributed by atoms with E-state index in [2.05, 4.69) is 0 Å². The Hall–Kier alpha value is -2.05. The summed E-state index contributed by atoms with van der Waals surface area (Å²) >= 11 is 0. The van der Waals surface area contributed by atoms with E-state index in [0.29, 0.717) is 12.1 Å². The third-order valence-electron chi connectivity index (χ3n) is 2.61. The van der Waals surface area contributed by atoms with Crippen LogP contribution >= 0.6 is 0 Å². The molecule has 0 aliphatic heterocycles. The number of nitrogens with zero attached hydrogens (tertiary/aromatic N) is 1. The second-order valence-corrected chi connectivity index (χ2v) is 6.21. The van der Waals surface area contributed by atoms with E-state index in [9.17, 15) is 22.0 Å². The minimum atomic E-state index is -4.73. The van der Waals surface area contributed by atoms with Gasteiger partial charge in [0.2, 0.25) is 10.0 Å². The third kappa shape index (κ3) is 3.74. The van der Waals surface area contributed by atoms with Gasteiger partial charge in [-0.15, -0.1) is 0 Å². The Balaban J connectivity index is 3.33. The van der Waals surface area contributed by atoms with Gasteiger partial charge in [0.15, 0.2) is 4.90 Å². The first-order valence-electron chi connectivity index (χ1n) is 5.74. The van der Waals surface area contributed by atoms with E-state index in [1.54, 1.807) is 4.72 Å². The van der Waals surface area contributed by atoms with Gasteiger partial charge in [0.1, 0.15) is 17.7 Å². The van der Waals surface area contributed by atoms with Gasteiger partial charge in [-0.25, -0.2) is 17.2 Å². The number of carbonyl (C=O) groups is 1. The summed E-state index contributed by atoms with van der Waals surface area (Å²) in [6.07, 6.45) is 0. The lowest BCUT2D eigenvalue weighted by Crippen LogP contribution is -2.44. The lowest BCUT2D eigenvalue weighted by Gasteiger charge is -2.18. The monoisotopic (exact) mass is 318 g/mol. The highest BCUT2D eigenvalue weighted by atomic mass is 32.2. The zero-order valence-electron chi connectivity index (χ0n) is 11.1. The molecule has 0 aliphatic carbocycles. The maximum atomic E-state index is 13.7. The molecule has 0 saturated carbocycles. The number of carboxylic acid groups (broad SMARTS) is 1. The van der Waals surface area contributed by atoms with E-state index >= 15 is 0 Å². The molecule has 1 aromatic rings. The molecule has 21 heavy (non-hydrogen) atoms. The topological polar surface area (TPSA) is 107 Å². The van der Waals surface area contributed by atoms with Gasteiger partial charge in [-0.1, -0.05) is 13.8 Å². The molecule has 114 valence electrons. The van der Waals surface area contributed by atoms with E-state index in [0.717, 1.165) is 0 Å². The van der Waals surface area contributed by atoms with Crippen LogP contribution in [0.1, 0.15) is 19.4 Å². The van der Waals surface area contributed by atoms with Gasteiger partial charge in [0.25, 0.3) is 0 Å². The van der Waals surface area contributed by atoms with Crippen molar-refractivity contribution in [3.05, 3.63) is 29.3 Å². The molecule has 1 rings (SSSR count). The van der Waals surface area contributed by atoms with Crippen molar-refractivity contribution in [2.24, 2.45) is 5.92 Å². The summed E-state index contributed by atoms with van der Waals surface area (Å²) in [6.45, 7) is 2.87. The van der Waals surface area contributed by atoms with Gasteiger partial charge in [-0.2, -0.15) is 9.98 Å². The fourth-order valence-corrected chi connectivity index (χ4v) is 3.04. The lowest BCUT2D eigenvalue weighted by atomic mass is 10.1. The lowest BCUT2D eigenvalue weighted by molar-refractivity contribution is -0.140. The zero-order valence-corrected chi connectivity index (χ0v) is 11.9. The molecular weight excluding hydrogens is 306 g/mol. The molecule has 0 fully saturated rings. The molecule has 0 saturated heterocycles. The van der Waals surface area contributed by atoms with Crippen LogP contribution in [0.15, 0.2) is 17.0 Å². The highest BCUT2D eigenvalue weighted by molar-refractivity contribution is 7.89. The Bertz CT molecular complexity index is 687. The second-order valence-electron chi connectivity index (χ2n) is 4.56. The summed E-state index contributed by atoms with van der Waals surface area (Å²) in [5, 5.41) is 17.5. The van der Waals surface area contributed by atoms with Crippen molar-refractivity contribution in [2.45, 2.75) is 24.8 Å². The van der Waals surface area contributed by atoms with Gasteiger partial charge in [0, 0.05) is 0 Å². The fraction of sp³-hybridized carbons (Fsp3) is 0.333. The number of nitrogens with one attached hydrogen (secondary N) is 1. The number of rotatable bonds is 5. The number of aliphatic carboxylic acids is 1. The van der Waals surface area contributed by atoms with Gasteiger partial charge in [0.05, 0.1) is 11.6 Å². The van der Waals surface area contributed by atoms with E-state index in [-0.39, 0.29) is 5.56 Å². The van der Waals surface area contributed by atoms with Crippen LogP contribution in [0.5, 0.6) is 0 Å². The minimum Gasteiger partial charge on any atom is -0.480 e. The molecule has 9 heteroatoms. The van der Waals surface area contributed by atoms with Crippen molar-refractivity contribution in [3.8, 4) is 6.07 Å². The van der Waals surface area contributed by atoms with Crippen LogP contribution in [0.2, 0.25) is 0 Å². The molecule has 0 bridgehead atoms. The number of sulfonamides is 1. The Morgan fingerprint density at radius 1 is 1.33 bits per heavy atom. The first-order valence-corrected chi connectivity index (χ1v) is 7.22. The van der Waals surface area contributed by atoms with Crippen LogP contribution in [0.3, 0.4) is 0 Å². The van der Waals surface area contributed by atoms with Crippen LogP contribution in [-0.4, -0.2) is 25.5 Å². The maximum Gasteiger partial charge on any atom is 0.322 e. The first-order chi connectivity index (χ1) is 9.60. The van der Waals surface area contributed by atoms with Gasteiger partial charge < -0.3 is 5.11 Å². The summed E-state index contributed by atoms with van der Waals surface area (Å²) in [6, 6.07) is 1.05. The molecular formula is C12H12F2N2O4S. The van der Waals surface area contributed by atoms with Gasteiger partial charge in [-0.05, 0) is 18.1 Å². The van der Waals surface area contributed by atoms with E-state index in [1.807, 2.05) is 0 Å². The summed E-state index contributed by atoms with van der Waals surface area (Å²) < 4.78 is 53.0. The molecule has 0 amide bonds. The first kappa shape index (κ1) is 17.0. The van der Waals surface area contributed by atoms with E-state index in [4.69, 9.17) is 10.4 Å². The molecule has 0 aliphatic rings. The molecule has 0 radical (unpaired) electrons. The maximum absolute atomic E-state index is 13.7. The van der Waals surface area contributed by atoms with Crippen molar-refractivity contribution in [1.29, 1.82) is 5.26 Å². The molecule has 0 heterocycles. The standard InChI is InChI=1S/C12H12F2N2O4S/c1-6(2)10(12(17)18)16-21(19,20)11-8(13)3-7(5-15)4-9(11)14/h3-4,6,10,16H,1-2H3,(H,17,18). The molecule has 1 aromatic carbocycles. The quantitative estimate of drug-likeness (QED) is 0.849. The third-order valence-corrected chi connectivity index (χ3v) is 4.10. The number of hydrogen-bond donors (Lipinski definition) is 2. The summed E-state index contributed by atoms with van der Waals surface area (Å²) in [5.74, 6) is -5.04. The Labute approximate surface area is 120 Å². The number of nitriles is 1. The van der Waals surface area contributed by atoms with E-state index < -0.39 is 44.5 Å². The highest BCUT2D eigenvalue weighted by Gasteiger charge is 2.32. The van der Waals surface area contributed by atoms with Crippen LogP contribution < -0.4 is 4.72 Å². The number of benzene rings is 1. The van der Waals surface area contributed by atoms with Crippen LogP contribution in [0, 0.1) is 28.9 Å². The average molecular weight is 318 g/mol. The molecule has 2 N–H and O–H groups in total. The molecule has 1 unspecified atom stereocenters. The van der Waals surface area contributed by atoms with Crippen molar-refractivity contribution in [2.75, 3.05) is 0 Å². The molecule has 1 atom stereocenters. The zero-order chi connectivity index (χ0) is 16.4. The van der Waals surface area contributed by atoms with Crippen molar-refractivity contribution >= 4 is 16.0 Å². The minimum absolute atomic E-state index is 0.386. The Kier molecular flexibility index (Phi) is 4.98.